The Morgan fingerprint density at radius 3 is 3.00 bits per heavy atom. The van der Waals surface area contributed by atoms with Crippen LogP contribution in [0.5, 0.6) is 0 Å². The minimum atomic E-state index is -1.08. The lowest BCUT2D eigenvalue weighted by atomic mass is 10.3. The summed E-state index contributed by atoms with van der Waals surface area (Å²) in [6.45, 7) is 3.50. The third-order valence-electron chi connectivity index (χ3n) is 2.27. The molecular weight excluding hydrogens is 250 g/mol. The van der Waals surface area contributed by atoms with Gasteiger partial charge in [-0.3, -0.25) is 9.72 Å². The summed E-state index contributed by atoms with van der Waals surface area (Å²) < 4.78 is 6.10. The number of nitrogens with one attached hydrogen (secondary N) is 1. The number of aromatic carboxylic acids is 1. The second kappa shape index (κ2) is 5.21. The highest BCUT2D eigenvalue weighted by atomic mass is 16.5. The van der Waals surface area contributed by atoms with E-state index in [0.717, 1.165) is 0 Å². The van der Waals surface area contributed by atoms with Gasteiger partial charge in [-0.2, -0.15) is 0 Å². The third-order valence-corrected chi connectivity index (χ3v) is 2.27. The molecule has 2 aromatic heterocycles. The van der Waals surface area contributed by atoms with Crippen LogP contribution in [0.1, 0.15) is 10.5 Å². The molecule has 7 nitrogen and oxygen atoms in total. The van der Waals surface area contributed by atoms with Gasteiger partial charge in [0.15, 0.2) is 5.82 Å². The summed E-state index contributed by atoms with van der Waals surface area (Å²) in [5.74, 6) is -0.869. The molecule has 1 amide bonds. The van der Waals surface area contributed by atoms with E-state index < -0.39 is 12.1 Å². The zero-order valence-electron chi connectivity index (χ0n) is 9.87. The second-order valence-corrected chi connectivity index (χ2v) is 3.58. The van der Waals surface area contributed by atoms with Crippen LogP contribution in [0.2, 0.25) is 0 Å². The van der Waals surface area contributed by atoms with E-state index in [1.807, 2.05) is 0 Å². The molecule has 7 heteroatoms. The van der Waals surface area contributed by atoms with Gasteiger partial charge in [-0.25, -0.2) is 14.6 Å². The fourth-order valence-electron chi connectivity index (χ4n) is 1.52. The first kappa shape index (κ1) is 12.6. The van der Waals surface area contributed by atoms with E-state index >= 15 is 0 Å². The topological polar surface area (TPSA) is 92.9 Å². The van der Waals surface area contributed by atoms with Gasteiger partial charge in [0.2, 0.25) is 0 Å². The first-order valence-corrected chi connectivity index (χ1v) is 5.38. The number of aromatic nitrogens is 2. The van der Waals surface area contributed by atoms with Gasteiger partial charge >= 0.3 is 12.1 Å². The van der Waals surface area contributed by atoms with Gasteiger partial charge in [0.25, 0.3) is 0 Å². The Morgan fingerprint density at radius 2 is 2.32 bits per heavy atom. The number of imidazole rings is 1. The molecule has 0 atom stereocenters. The highest BCUT2D eigenvalue weighted by Crippen LogP contribution is 2.12. The summed E-state index contributed by atoms with van der Waals surface area (Å²) in [7, 11) is 0. The molecule has 0 spiro atoms. The molecule has 0 aliphatic heterocycles. The van der Waals surface area contributed by atoms with Crippen molar-refractivity contribution in [3.05, 3.63) is 42.7 Å². The van der Waals surface area contributed by atoms with Gasteiger partial charge in [-0.05, 0) is 12.1 Å². The van der Waals surface area contributed by atoms with E-state index in [4.69, 9.17) is 9.84 Å². The maximum Gasteiger partial charge on any atom is 0.413 e. The number of carboxylic acids is 1. The van der Waals surface area contributed by atoms with Crippen LogP contribution in [-0.4, -0.2) is 33.2 Å². The summed E-state index contributed by atoms with van der Waals surface area (Å²) in [5.41, 5.74) is 0.469. The molecule has 0 radical (unpaired) electrons. The molecule has 0 aliphatic rings. The lowest BCUT2D eigenvalue weighted by Crippen LogP contribution is -2.13. The Morgan fingerprint density at radius 1 is 1.53 bits per heavy atom. The van der Waals surface area contributed by atoms with Crippen LogP contribution in [0, 0.1) is 0 Å². The molecular formula is C12H11N3O4. The quantitative estimate of drug-likeness (QED) is 0.818. The average molecular weight is 261 g/mol. The fraction of sp³-hybridized carbons (Fsp3) is 0.0833. The number of hydrogen-bond donors (Lipinski definition) is 2. The predicted octanol–water partition coefficient (Wildman–Crippen LogP) is 1.77. The number of rotatable bonds is 4. The summed E-state index contributed by atoms with van der Waals surface area (Å²) in [4.78, 5) is 26.4. The van der Waals surface area contributed by atoms with Crippen molar-refractivity contribution in [1.82, 2.24) is 9.38 Å². The minimum absolute atomic E-state index is 0.0532. The summed E-state index contributed by atoms with van der Waals surface area (Å²) >= 11 is 0. The van der Waals surface area contributed by atoms with E-state index in [9.17, 15) is 9.59 Å². The van der Waals surface area contributed by atoms with Crippen LogP contribution in [0.3, 0.4) is 0 Å². The average Bonchev–Trinajstić information content (AvgIpc) is 2.77. The van der Waals surface area contributed by atoms with E-state index in [-0.39, 0.29) is 18.1 Å². The lowest BCUT2D eigenvalue weighted by molar-refractivity contribution is 0.0689. The SMILES string of the molecule is C=CCOC(=O)Nc1cn2c(C(=O)O)cccc2n1. The van der Waals surface area contributed by atoms with Gasteiger partial charge in [-0.1, -0.05) is 18.7 Å². The van der Waals surface area contributed by atoms with Gasteiger partial charge in [0.1, 0.15) is 17.9 Å². The highest BCUT2D eigenvalue weighted by Gasteiger charge is 2.11. The highest BCUT2D eigenvalue weighted by molar-refractivity contribution is 5.88. The number of carboxylic acid groups (broad SMARTS) is 1. The van der Waals surface area contributed by atoms with E-state index in [2.05, 4.69) is 16.9 Å². The predicted molar refractivity (Wildman–Crippen MR) is 67.3 cm³/mol. The molecule has 2 N–H and O–H groups in total. The molecule has 2 heterocycles. The normalized spacial score (nSPS) is 10.1. The minimum Gasteiger partial charge on any atom is -0.477 e. The van der Waals surface area contributed by atoms with Crippen molar-refractivity contribution in [2.45, 2.75) is 0 Å². The Balaban J connectivity index is 2.26. The summed E-state index contributed by atoms with van der Waals surface area (Å²) in [5, 5.41) is 11.4. The van der Waals surface area contributed by atoms with Crippen molar-refractivity contribution in [1.29, 1.82) is 0 Å². The molecule has 2 aromatic rings. The molecule has 0 fully saturated rings. The molecule has 19 heavy (non-hydrogen) atoms. The Bertz CT molecular complexity index is 647. The first-order chi connectivity index (χ1) is 9.11. The Labute approximate surface area is 108 Å². The monoisotopic (exact) mass is 261 g/mol. The number of pyridine rings is 1. The van der Waals surface area contributed by atoms with E-state index in [1.54, 1.807) is 12.1 Å². The first-order valence-electron chi connectivity index (χ1n) is 5.38. The number of nitrogens with zero attached hydrogens (tertiary/aromatic N) is 2. The van der Waals surface area contributed by atoms with Crippen LogP contribution in [0.4, 0.5) is 10.6 Å². The number of hydrogen-bond acceptors (Lipinski definition) is 4. The maximum absolute atomic E-state index is 11.3. The molecule has 0 bridgehead atoms. The van der Waals surface area contributed by atoms with Gasteiger partial charge in [-0.15, -0.1) is 0 Å². The van der Waals surface area contributed by atoms with Crippen molar-refractivity contribution < 1.29 is 19.4 Å². The van der Waals surface area contributed by atoms with E-state index in [1.165, 1.54) is 22.7 Å². The maximum atomic E-state index is 11.3. The smallest absolute Gasteiger partial charge is 0.413 e. The van der Waals surface area contributed by atoms with E-state index in [0.29, 0.717) is 5.65 Å². The van der Waals surface area contributed by atoms with Crippen LogP contribution in [-0.2, 0) is 4.74 Å². The largest absolute Gasteiger partial charge is 0.477 e. The second-order valence-electron chi connectivity index (χ2n) is 3.58. The summed E-state index contributed by atoms with van der Waals surface area (Å²) in [6, 6.07) is 4.65. The van der Waals surface area contributed by atoms with Gasteiger partial charge in [0, 0.05) is 0 Å². The standard InChI is InChI=1S/C12H11N3O4/c1-2-6-19-12(18)14-9-7-15-8(11(16)17)4-3-5-10(15)13-9/h2-5,7H,1,6H2,(H,14,18)(H,16,17). The number of carbonyl (C=O) groups excluding carboxylic acids is 1. The molecule has 98 valence electrons. The van der Waals surface area contributed by atoms with Crippen molar-refractivity contribution in [3.8, 4) is 0 Å². The van der Waals surface area contributed by atoms with Crippen LogP contribution >= 0.6 is 0 Å². The zero-order chi connectivity index (χ0) is 13.8. The van der Waals surface area contributed by atoms with Crippen LogP contribution in [0.25, 0.3) is 5.65 Å². The lowest BCUT2D eigenvalue weighted by Gasteiger charge is -2.00. The molecule has 0 aromatic carbocycles. The zero-order valence-corrected chi connectivity index (χ0v) is 9.87. The number of fused-ring (bicyclic) bond motifs is 1. The molecule has 0 saturated carbocycles. The van der Waals surface area contributed by atoms with Crippen LogP contribution in [0.15, 0.2) is 37.1 Å². The number of carbonyl (C=O) groups is 2. The number of amides is 1. The Hall–Kier alpha value is -2.83. The molecule has 0 saturated heterocycles. The molecule has 2 rings (SSSR count). The van der Waals surface area contributed by atoms with Crippen molar-refractivity contribution in [2.75, 3.05) is 11.9 Å². The van der Waals surface area contributed by atoms with Crippen molar-refractivity contribution in [3.63, 3.8) is 0 Å². The fourth-order valence-corrected chi connectivity index (χ4v) is 1.52. The van der Waals surface area contributed by atoms with Crippen molar-refractivity contribution >= 4 is 23.5 Å². The Kier molecular flexibility index (Phi) is 3.46. The number of ether oxygens (including phenoxy) is 1. The van der Waals surface area contributed by atoms with Gasteiger partial charge < -0.3 is 9.84 Å². The van der Waals surface area contributed by atoms with Crippen LogP contribution < -0.4 is 5.32 Å². The summed E-state index contributed by atoms with van der Waals surface area (Å²) in [6.07, 6.45) is 2.17. The molecule has 0 unspecified atom stereocenters. The van der Waals surface area contributed by atoms with Crippen molar-refractivity contribution in [2.24, 2.45) is 0 Å². The molecule has 0 aliphatic carbocycles. The third kappa shape index (κ3) is 2.71. The van der Waals surface area contributed by atoms with Gasteiger partial charge in [0.05, 0.1) is 6.20 Å². The number of anilines is 1.